The van der Waals surface area contributed by atoms with E-state index in [-0.39, 0.29) is 12.5 Å². The van der Waals surface area contributed by atoms with Crippen molar-refractivity contribution in [3.8, 4) is 0 Å². The fourth-order valence-corrected chi connectivity index (χ4v) is 1.55. The molecule has 20 heavy (non-hydrogen) atoms. The number of rotatable bonds is 5. The van der Waals surface area contributed by atoms with E-state index in [0.29, 0.717) is 11.3 Å². The predicted molar refractivity (Wildman–Crippen MR) is 71.8 cm³/mol. The molecule has 0 spiro atoms. The molecule has 0 aliphatic rings. The quantitative estimate of drug-likeness (QED) is 0.792. The summed E-state index contributed by atoms with van der Waals surface area (Å²) in [6.07, 6.45) is 5.57. The lowest BCUT2D eigenvalue weighted by atomic mass is 10.2. The Hall–Kier alpha value is -2.96. The van der Waals surface area contributed by atoms with Gasteiger partial charge in [-0.1, -0.05) is 17.3 Å². The van der Waals surface area contributed by atoms with Gasteiger partial charge >= 0.3 is 5.97 Å². The van der Waals surface area contributed by atoms with Gasteiger partial charge in [0, 0.05) is 18.0 Å². The van der Waals surface area contributed by atoms with Gasteiger partial charge in [0.1, 0.15) is 6.54 Å². The molecule has 0 atom stereocenters. The Kier molecular flexibility index (Phi) is 4.23. The number of aliphatic carboxylic acids is 1. The van der Waals surface area contributed by atoms with E-state index >= 15 is 0 Å². The van der Waals surface area contributed by atoms with Crippen LogP contribution in [0.1, 0.15) is 5.56 Å². The molecule has 2 aromatic rings. The van der Waals surface area contributed by atoms with Crippen LogP contribution in [0.3, 0.4) is 0 Å². The Balaban J connectivity index is 2.00. The number of benzene rings is 1. The SMILES string of the molecule is O=C(O)/C=C/c1cccc(NC(=O)Cn2ccnn2)c1. The van der Waals surface area contributed by atoms with Gasteiger partial charge in [-0.3, -0.25) is 4.79 Å². The summed E-state index contributed by atoms with van der Waals surface area (Å²) in [5.74, 6) is -1.26. The van der Waals surface area contributed by atoms with Gasteiger partial charge in [0.25, 0.3) is 0 Å². The van der Waals surface area contributed by atoms with Crippen LogP contribution in [0.15, 0.2) is 42.7 Å². The van der Waals surface area contributed by atoms with Crippen molar-refractivity contribution < 1.29 is 14.7 Å². The van der Waals surface area contributed by atoms with Crippen molar-refractivity contribution in [1.29, 1.82) is 0 Å². The molecule has 1 amide bonds. The summed E-state index contributed by atoms with van der Waals surface area (Å²) in [5, 5.41) is 18.6. The van der Waals surface area contributed by atoms with E-state index in [1.165, 1.54) is 17.0 Å². The number of hydrogen-bond acceptors (Lipinski definition) is 4. The van der Waals surface area contributed by atoms with Crippen LogP contribution in [0.2, 0.25) is 0 Å². The molecule has 1 heterocycles. The molecule has 0 fully saturated rings. The number of carboxylic acid groups (broad SMARTS) is 1. The Labute approximate surface area is 114 Å². The van der Waals surface area contributed by atoms with Gasteiger partial charge in [0.15, 0.2) is 0 Å². The van der Waals surface area contributed by atoms with Crippen LogP contribution in [-0.2, 0) is 16.1 Å². The van der Waals surface area contributed by atoms with E-state index in [4.69, 9.17) is 5.11 Å². The van der Waals surface area contributed by atoms with Crippen LogP contribution >= 0.6 is 0 Å². The van der Waals surface area contributed by atoms with Crippen molar-refractivity contribution in [2.24, 2.45) is 0 Å². The maximum absolute atomic E-state index is 11.7. The molecule has 0 bridgehead atoms. The number of aromatic nitrogens is 3. The molecule has 0 aliphatic heterocycles. The summed E-state index contributed by atoms with van der Waals surface area (Å²) in [7, 11) is 0. The number of nitrogens with zero attached hydrogens (tertiary/aromatic N) is 3. The average Bonchev–Trinajstić information content (AvgIpc) is 2.89. The number of anilines is 1. The highest BCUT2D eigenvalue weighted by atomic mass is 16.4. The lowest BCUT2D eigenvalue weighted by molar-refractivity contribution is -0.131. The third-order valence-corrected chi connectivity index (χ3v) is 2.37. The maximum Gasteiger partial charge on any atom is 0.328 e. The van der Waals surface area contributed by atoms with Crippen LogP contribution in [0.4, 0.5) is 5.69 Å². The Morgan fingerprint density at radius 3 is 2.95 bits per heavy atom. The molecule has 7 heteroatoms. The number of amides is 1. The van der Waals surface area contributed by atoms with E-state index in [0.717, 1.165) is 6.08 Å². The Morgan fingerprint density at radius 1 is 1.40 bits per heavy atom. The second kappa shape index (κ2) is 6.28. The topological polar surface area (TPSA) is 97.1 Å². The monoisotopic (exact) mass is 272 g/mol. The van der Waals surface area contributed by atoms with Gasteiger partial charge in [-0.15, -0.1) is 5.10 Å². The van der Waals surface area contributed by atoms with Crippen LogP contribution in [0, 0.1) is 0 Å². The van der Waals surface area contributed by atoms with Crippen molar-refractivity contribution in [3.05, 3.63) is 48.3 Å². The molecular formula is C13H12N4O3. The van der Waals surface area contributed by atoms with E-state index in [9.17, 15) is 9.59 Å². The molecular weight excluding hydrogens is 260 g/mol. The van der Waals surface area contributed by atoms with Crippen molar-refractivity contribution >= 4 is 23.6 Å². The summed E-state index contributed by atoms with van der Waals surface area (Å²) in [6.45, 7) is 0.0647. The van der Waals surface area contributed by atoms with Crippen molar-refractivity contribution in [2.75, 3.05) is 5.32 Å². The van der Waals surface area contributed by atoms with E-state index in [1.54, 1.807) is 30.5 Å². The third kappa shape index (κ3) is 4.05. The van der Waals surface area contributed by atoms with Crippen LogP contribution < -0.4 is 5.32 Å². The fraction of sp³-hybridized carbons (Fsp3) is 0.0769. The Bertz CT molecular complexity index is 635. The number of carbonyl (C=O) groups is 2. The first-order valence-electron chi connectivity index (χ1n) is 5.78. The van der Waals surface area contributed by atoms with Crippen LogP contribution in [0.5, 0.6) is 0 Å². The van der Waals surface area contributed by atoms with Gasteiger partial charge in [-0.25, -0.2) is 9.48 Å². The number of hydrogen-bond donors (Lipinski definition) is 2. The minimum absolute atomic E-state index is 0.0647. The molecule has 2 N–H and O–H groups in total. The Morgan fingerprint density at radius 2 is 2.25 bits per heavy atom. The lowest BCUT2D eigenvalue weighted by Crippen LogP contribution is -2.19. The van der Waals surface area contributed by atoms with E-state index in [1.807, 2.05) is 0 Å². The highest BCUT2D eigenvalue weighted by Crippen LogP contribution is 2.12. The second-order valence-corrected chi connectivity index (χ2v) is 3.95. The summed E-state index contributed by atoms with van der Waals surface area (Å²) in [5.41, 5.74) is 1.27. The zero-order valence-electron chi connectivity index (χ0n) is 10.4. The van der Waals surface area contributed by atoms with E-state index in [2.05, 4.69) is 15.6 Å². The van der Waals surface area contributed by atoms with Crippen molar-refractivity contribution in [1.82, 2.24) is 15.0 Å². The van der Waals surface area contributed by atoms with Gasteiger partial charge in [0.05, 0.1) is 6.20 Å². The molecule has 0 saturated carbocycles. The summed E-state index contributed by atoms with van der Waals surface area (Å²) in [4.78, 5) is 22.2. The summed E-state index contributed by atoms with van der Waals surface area (Å²) >= 11 is 0. The smallest absolute Gasteiger partial charge is 0.328 e. The van der Waals surface area contributed by atoms with Crippen molar-refractivity contribution in [3.63, 3.8) is 0 Å². The standard InChI is InChI=1S/C13H12N4O3/c18-12(9-17-7-6-14-16-17)15-11-3-1-2-10(8-11)4-5-13(19)20/h1-8H,9H2,(H,15,18)(H,19,20)/b5-4+. The molecule has 7 nitrogen and oxygen atoms in total. The van der Waals surface area contributed by atoms with E-state index < -0.39 is 5.97 Å². The highest BCUT2D eigenvalue weighted by molar-refractivity contribution is 5.91. The predicted octanol–water partition coefficient (Wildman–Crippen LogP) is 1.01. The number of carbonyl (C=O) groups excluding carboxylic acids is 1. The second-order valence-electron chi connectivity index (χ2n) is 3.95. The molecule has 0 saturated heterocycles. The zero-order chi connectivity index (χ0) is 14.4. The normalized spacial score (nSPS) is 10.6. The van der Waals surface area contributed by atoms with Crippen LogP contribution in [0.25, 0.3) is 6.08 Å². The summed E-state index contributed by atoms with van der Waals surface area (Å²) < 4.78 is 1.41. The molecule has 0 unspecified atom stereocenters. The summed E-state index contributed by atoms with van der Waals surface area (Å²) in [6, 6.07) is 6.87. The first-order chi connectivity index (χ1) is 9.63. The number of nitrogens with one attached hydrogen (secondary N) is 1. The molecule has 1 aromatic carbocycles. The molecule has 0 aliphatic carbocycles. The molecule has 2 rings (SSSR count). The van der Waals surface area contributed by atoms with Gasteiger partial charge in [-0.2, -0.15) is 0 Å². The van der Waals surface area contributed by atoms with Gasteiger partial charge in [-0.05, 0) is 23.8 Å². The van der Waals surface area contributed by atoms with Crippen molar-refractivity contribution in [2.45, 2.75) is 6.54 Å². The van der Waals surface area contributed by atoms with Crippen LogP contribution in [-0.4, -0.2) is 32.0 Å². The van der Waals surface area contributed by atoms with Gasteiger partial charge < -0.3 is 10.4 Å². The minimum atomic E-state index is -1.02. The zero-order valence-corrected chi connectivity index (χ0v) is 10.4. The average molecular weight is 272 g/mol. The largest absolute Gasteiger partial charge is 0.478 e. The highest BCUT2D eigenvalue weighted by Gasteiger charge is 2.04. The molecule has 1 aromatic heterocycles. The maximum atomic E-state index is 11.7. The third-order valence-electron chi connectivity index (χ3n) is 2.37. The molecule has 102 valence electrons. The van der Waals surface area contributed by atoms with Gasteiger partial charge in [0.2, 0.25) is 5.91 Å². The first-order valence-corrected chi connectivity index (χ1v) is 5.78. The molecule has 0 radical (unpaired) electrons. The first kappa shape index (κ1) is 13.5. The lowest BCUT2D eigenvalue weighted by Gasteiger charge is -2.05. The minimum Gasteiger partial charge on any atom is -0.478 e. The fourth-order valence-electron chi connectivity index (χ4n) is 1.55. The number of carboxylic acids is 1.